The summed E-state index contributed by atoms with van der Waals surface area (Å²) in [5.74, 6) is 1.98. The summed E-state index contributed by atoms with van der Waals surface area (Å²) in [5, 5.41) is 9.44. The minimum atomic E-state index is 0.300. The van der Waals surface area contributed by atoms with Crippen molar-refractivity contribution in [3.05, 3.63) is 78.2 Å². The average molecular weight is 358 g/mol. The van der Waals surface area contributed by atoms with E-state index < -0.39 is 0 Å². The van der Waals surface area contributed by atoms with Gasteiger partial charge < -0.3 is 14.9 Å². The summed E-state index contributed by atoms with van der Waals surface area (Å²) >= 11 is 0. The number of nitrogens with zero attached hydrogens (tertiary/aromatic N) is 4. The third-order valence-electron chi connectivity index (χ3n) is 4.70. The smallest absolute Gasteiger partial charge is 0.154 e. The maximum atomic E-state index is 9.44. The number of aromatic hydroxyl groups is 1. The minimum absolute atomic E-state index is 0.300. The van der Waals surface area contributed by atoms with Crippen LogP contribution in [0.5, 0.6) is 5.75 Å². The van der Waals surface area contributed by atoms with Crippen LogP contribution in [0.1, 0.15) is 11.4 Å². The van der Waals surface area contributed by atoms with Crippen LogP contribution in [0.2, 0.25) is 0 Å². The zero-order chi connectivity index (χ0) is 18.5. The zero-order valence-corrected chi connectivity index (χ0v) is 15.1. The van der Waals surface area contributed by atoms with Crippen molar-refractivity contribution in [3.8, 4) is 5.75 Å². The molecule has 1 N–H and O–H groups in total. The van der Waals surface area contributed by atoms with Crippen molar-refractivity contribution in [1.29, 1.82) is 0 Å². The van der Waals surface area contributed by atoms with Gasteiger partial charge in [0.05, 0.1) is 0 Å². The van der Waals surface area contributed by atoms with Crippen LogP contribution in [0, 0.1) is 0 Å². The molecule has 2 aromatic carbocycles. The lowest BCUT2D eigenvalue weighted by Crippen LogP contribution is -2.46. The molecule has 27 heavy (non-hydrogen) atoms. The molecule has 1 aliphatic rings. The highest BCUT2D eigenvalue weighted by Gasteiger charge is 2.18. The molecule has 0 radical (unpaired) electrons. The van der Waals surface area contributed by atoms with E-state index in [0.717, 1.165) is 49.1 Å². The standard InChI is InChI=1S/C22H22N4O/c27-20-9-7-19(8-10-20)25-14-16-26(17-15-25)22-12-13-23-21(24-22)11-6-18-4-2-1-3-5-18/h1-13,27H,14-17H2/b11-6+. The highest BCUT2D eigenvalue weighted by Crippen LogP contribution is 2.21. The molecule has 1 aromatic heterocycles. The number of hydrogen-bond donors (Lipinski definition) is 1. The summed E-state index contributed by atoms with van der Waals surface area (Å²) in [6.07, 6.45) is 5.80. The van der Waals surface area contributed by atoms with Crippen LogP contribution in [0.3, 0.4) is 0 Å². The van der Waals surface area contributed by atoms with Crippen molar-refractivity contribution in [1.82, 2.24) is 9.97 Å². The average Bonchev–Trinajstić information content (AvgIpc) is 2.74. The van der Waals surface area contributed by atoms with E-state index in [1.165, 1.54) is 0 Å². The van der Waals surface area contributed by atoms with Crippen LogP contribution in [0.15, 0.2) is 66.9 Å². The van der Waals surface area contributed by atoms with Crippen LogP contribution in [-0.2, 0) is 0 Å². The molecule has 136 valence electrons. The summed E-state index contributed by atoms with van der Waals surface area (Å²) < 4.78 is 0. The van der Waals surface area contributed by atoms with Gasteiger partial charge >= 0.3 is 0 Å². The molecule has 0 atom stereocenters. The number of piperazine rings is 1. The van der Waals surface area contributed by atoms with Crippen molar-refractivity contribution in [2.75, 3.05) is 36.0 Å². The molecule has 0 bridgehead atoms. The van der Waals surface area contributed by atoms with Crippen LogP contribution in [0.4, 0.5) is 11.5 Å². The van der Waals surface area contributed by atoms with Crippen molar-refractivity contribution < 1.29 is 5.11 Å². The fourth-order valence-electron chi connectivity index (χ4n) is 3.21. The first-order valence-corrected chi connectivity index (χ1v) is 9.13. The highest BCUT2D eigenvalue weighted by molar-refractivity contribution is 5.67. The van der Waals surface area contributed by atoms with E-state index in [1.807, 2.05) is 54.7 Å². The first-order chi connectivity index (χ1) is 13.3. The van der Waals surface area contributed by atoms with Gasteiger partial charge in [0.1, 0.15) is 11.6 Å². The summed E-state index contributed by atoms with van der Waals surface area (Å²) in [6, 6.07) is 19.5. The quantitative estimate of drug-likeness (QED) is 0.771. The second-order valence-corrected chi connectivity index (χ2v) is 6.51. The van der Waals surface area contributed by atoms with Crippen molar-refractivity contribution in [2.45, 2.75) is 0 Å². The molecule has 0 spiro atoms. The van der Waals surface area contributed by atoms with Gasteiger partial charge in [0.25, 0.3) is 0 Å². The number of phenolic OH excluding ortho intramolecular Hbond substituents is 1. The van der Waals surface area contributed by atoms with E-state index in [0.29, 0.717) is 5.75 Å². The molecule has 0 amide bonds. The van der Waals surface area contributed by atoms with E-state index >= 15 is 0 Å². The van der Waals surface area contributed by atoms with E-state index in [2.05, 4.69) is 26.9 Å². The zero-order valence-electron chi connectivity index (χ0n) is 15.1. The van der Waals surface area contributed by atoms with Crippen LogP contribution in [-0.4, -0.2) is 41.3 Å². The van der Waals surface area contributed by atoms with Crippen LogP contribution < -0.4 is 9.80 Å². The topological polar surface area (TPSA) is 52.5 Å². The first kappa shape index (κ1) is 17.1. The largest absolute Gasteiger partial charge is 0.508 e. The van der Waals surface area contributed by atoms with Crippen LogP contribution in [0.25, 0.3) is 12.2 Å². The Balaban J connectivity index is 1.41. The normalized spacial score (nSPS) is 14.7. The second-order valence-electron chi connectivity index (χ2n) is 6.51. The van der Waals surface area contributed by atoms with Gasteiger partial charge in [0.15, 0.2) is 5.82 Å². The number of anilines is 2. The van der Waals surface area contributed by atoms with E-state index in [-0.39, 0.29) is 0 Å². The number of phenols is 1. The van der Waals surface area contributed by atoms with Crippen molar-refractivity contribution >= 4 is 23.7 Å². The van der Waals surface area contributed by atoms with Gasteiger partial charge in [0.2, 0.25) is 0 Å². The highest BCUT2D eigenvalue weighted by atomic mass is 16.3. The van der Waals surface area contributed by atoms with Crippen molar-refractivity contribution in [2.24, 2.45) is 0 Å². The lowest BCUT2D eigenvalue weighted by Gasteiger charge is -2.36. The Morgan fingerprint density at radius 2 is 1.48 bits per heavy atom. The predicted molar refractivity (Wildman–Crippen MR) is 110 cm³/mol. The van der Waals surface area contributed by atoms with E-state index in [9.17, 15) is 5.11 Å². The molecule has 0 saturated carbocycles. The molecule has 5 heteroatoms. The summed E-state index contributed by atoms with van der Waals surface area (Å²) in [6.45, 7) is 3.65. The maximum Gasteiger partial charge on any atom is 0.154 e. The van der Waals surface area contributed by atoms with Crippen molar-refractivity contribution in [3.63, 3.8) is 0 Å². The van der Waals surface area contributed by atoms with Gasteiger partial charge in [0, 0.05) is 38.1 Å². The van der Waals surface area contributed by atoms with Crippen LogP contribution >= 0.6 is 0 Å². The third-order valence-corrected chi connectivity index (χ3v) is 4.70. The van der Waals surface area contributed by atoms with Gasteiger partial charge in [-0.25, -0.2) is 9.97 Å². The van der Waals surface area contributed by atoms with Gasteiger partial charge in [-0.3, -0.25) is 0 Å². The molecule has 0 unspecified atom stereocenters. The Bertz CT molecular complexity index is 901. The minimum Gasteiger partial charge on any atom is -0.508 e. The van der Waals surface area contributed by atoms with E-state index in [4.69, 9.17) is 4.98 Å². The third kappa shape index (κ3) is 4.26. The fraction of sp³-hybridized carbons (Fsp3) is 0.182. The molecule has 0 aliphatic carbocycles. The maximum absolute atomic E-state index is 9.44. The van der Waals surface area contributed by atoms with Gasteiger partial charge in [-0.2, -0.15) is 0 Å². The summed E-state index contributed by atoms with van der Waals surface area (Å²) in [5.41, 5.74) is 2.27. The SMILES string of the molecule is Oc1ccc(N2CCN(c3ccnc(/C=C/c4ccccc4)n3)CC2)cc1. The number of aromatic nitrogens is 2. The number of hydrogen-bond acceptors (Lipinski definition) is 5. The predicted octanol–water partition coefficient (Wildman–Crippen LogP) is 3.68. The Morgan fingerprint density at radius 3 is 2.22 bits per heavy atom. The Kier molecular flexibility index (Phi) is 5.01. The van der Waals surface area contributed by atoms with Gasteiger partial charge in [-0.15, -0.1) is 0 Å². The van der Waals surface area contributed by atoms with Gasteiger partial charge in [-0.1, -0.05) is 36.4 Å². The number of rotatable bonds is 4. The van der Waals surface area contributed by atoms with E-state index in [1.54, 1.807) is 12.1 Å². The molecule has 1 fully saturated rings. The monoisotopic (exact) mass is 358 g/mol. The molecule has 1 saturated heterocycles. The Labute approximate surface area is 159 Å². The Morgan fingerprint density at radius 1 is 0.778 bits per heavy atom. The lowest BCUT2D eigenvalue weighted by molar-refractivity contribution is 0.475. The second kappa shape index (κ2) is 7.91. The molecule has 2 heterocycles. The van der Waals surface area contributed by atoms with Gasteiger partial charge in [-0.05, 0) is 42.0 Å². The first-order valence-electron chi connectivity index (χ1n) is 9.13. The number of benzene rings is 2. The molecule has 1 aliphatic heterocycles. The molecule has 5 nitrogen and oxygen atoms in total. The fourth-order valence-corrected chi connectivity index (χ4v) is 3.21. The summed E-state index contributed by atoms with van der Waals surface area (Å²) in [4.78, 5) is 13.7. The molecular formula is C22H22N4O. The Hall–Kier alpha value is -3.34. The summed E-state index contributed by atoms with van der Waals surface area (Å²) in [7, 11) is 0. The molecule has 4 rings (SSSR count). The molecular weight excluding hydrogens is 336 g/mol. The molecule has 3 aromatic rings. The lowest BCUT2D eigenvalue weighted by atomic mass is 10.2.